The van der Waals surface area contributed by atoms with Gasteiger partial charge in [-0.15, -0.1) is 0 Å². The standard InChI is InChI=1S/C19H21N3O4S/c23-16(18-10-19(24,11-18)12-18)21-15-9-20-17(27-15)26-14-3-1-13(2-4-14)22-5-7-25-8-6-22/h1-4,9,24H,5-8,10-12H2,(H,21,23). The van der Waals surface area contributed by atoms with E-state index in [1.165, 1.54) is 11.3 Å². The van der Waals surface area contributed by atoms with E-state index < -0.39 is 5.60 Å². The van der Waals surface area contributed by atoms with Gasteiger partial charge in [0, 0.05) is 18.8 Å². The highest BCUT2D eigenvalue weighted by Gasteiger charge is 2.71. The van der Waals surface area contributed by atoms with E-state index in [4.69, 9.17) is 9.47 Å². The van der Waals surface area contributed by atoms with E-state index >= 15 is 0 Å². The Labute approximate surface area is 160 Å². The highest BCUT2D eigenvalue weighted by Crippen LogP contribution is 2.67. The largest absolute Gasteiger partial charge is 0.431 e. The van der Waals surface area contributed by atoms with Crippen molar-refractivity contribution in [2.75, 3.05) is 36.5 Å². The lowest BCUT2D eigenvalue weighted by atomic mass is 9.41. The van der Waals surface area contributed by atoms with Crippen LogP contribution in [0, 0.1) is 5.41 Å². The molecule has 0 unspecified atom stereocenters. The number of nitrogens with zero attached hydrogens (tertiary/aromatic N) is 2. The van der Waals surface area contributed by atoms with Crippen LogP contribution in [0.1, 0.15) is 19.3 Å². The van der Waals surface area contributed by atoms with Gasteiger partial charge < -0.3 is 24.8 Å². The summed E-state index contributed by atoms with van der Waals surface area (Å²) in [5.74, 6) is 0.685. The molecule has 3 aliphatic carbocycles. The van der Waals surface area contributed by atoms with Gasteiger partial charge in [0.15, 0.2) is 0 Å². The summed E-state index contributed by atoms with van der Waals surface area (Å²) in [7, 11) is 0. The van der Waals surface area contributed by atoms with Crippen molar-refractivity contribution in [2.45, 2.75) is 24.9 Å². The van der Waals surface area contributed by atoms with Gasteiger partial charge in [0.05, 0.1) is 30.4 Å². The lowest BCUT2D eigenvalue weighted by Gasteiger charge is -2.65. The monoisotopic (exact) mass is 387 g/mol. The van der Waals surface area contributed by atoms with E-state index in [2.05, 4.69) is 15.2 Å². The maximum atomic E-state index is 12.4. The van der Waals surface area contributed by atoms with Crippen LogP contribution >= 0.6 is 11.3 Å². The van der Waals surface area contributed by atoms with Gasteiger partial charge in [-0.05, 0) is 43.5 Å². The number of benzene rings is 1. The summed E-state index contributed by atoms with van der Waals surface area (Å²) < 4.78 is 11.2. The Hall–Kier alpha value is -2.16. The second kappa shape index (κ2) is 6.19. The fourth-order valence-electron chi connectivity index (χ4n) is 4.23. The second-order valence-corrected chi connectivity index (χ2v) is 8.67. The van der Waals surface area contributed by atoms with Crippen molar-refractivity contribution >= 4 is 27.9 Å². The van der Waals surface area contributed by atoms with Crippen molar-refractivity contribution in [3.05, 3.63) is 30.5 Å². The zero-order chi connectivity index (χ0) is 18.5. The van der Waals surface area contributed by atoms with Crippen molar-refractivity contribution < 1.29 is 19.4 Å². The first-order chi connectivity index (χ1) is 13.0. The third-order valence-electron chi connectivity index (χ3n) is 5.62. The van der Waals surface area contributed by atoms with Crippen molar-refractivity contribution in [1.82, 2.24) is 4.98 Å². The third-order valence-corrected chi connectivity index (χ3v) is 6.41. The fraction of sp³-hybridized carbons (Fsp3) is 0.474. The molecule has 8 heteroatoms. The van der Waals surface area contributed by atoms with E-state index in [1.807, 2.05) is 24.3 Å². The summed E-state index contributed by atoms with van der Waals surface area (Å²) >= 11 is 1.30. The normalized spacial score (nSPS) is 28.9. The van der Waals surface area contributed by atoms with Gasteiger partial charge in [-0.2, -0.15) is 0 Å². The van der Waals surface area contributed by atoms with Crippen LogP contribution in [0.2, 0.25) is 0 Å². The maximum Gasteiger partial charge on any atom is 0.280 e. The first-order valence-corrected chi connectivity index (χ1v) is 9.96. The third kappa shape index (κ3) is 3.07. The van der Waals surface area contributed by atoms with E-state index in [0.29, 0.717) is 35.2 Å². The smallest absolute Gasteiger partial charge is 0.280 e. The summed E-state index contributed by atoms with van der Waals surface area (Å²) in [6.45, 7) is 3.31. The number of rotatable bonds is 5. The molecule has 1 aromatic heterocycles. The van der Waals surface area contributed by atoms with Crippen molar-refractivity contribution in [2.24, 2.45) is 5.41 Å². The molecule has 2 N–H and O–H groups in total. The summed E-state index contributed by atoms with van der Waals surface area (Å²) in [5.41, 5.74) is 0.208. The van der Waals surface area contributed by atoms with E-state index in [9.17, 15) is 9.90 Å². The number of aliphatic hydroxyl groups is 1. The molecule has 6 rings (SSSR count). The van der Waals surface area contributed by atoms with Crippen LogP contribution in [0.5, 0.6) is 10.9 Å². The Balaban J connectivity index is 1.18. The van der Waals surface area contributed by atoms with Gasteiger partial charge in [-0.3, -0.25) is 4.79 Å². The molecule has 0 radical (unpaired) electrons. The number of amides is 1. The van der Waals surface area contributed by atoms with Crippen molar-refractivity contribution in [3.63, 3.8) is 0 Å². The highest BCUT2D eigenvalue weighted by atomic mass is 32.1. The lowest BCUT2D eigenvalue weighted by molar-refractivity contribution is -0.247. The molecule has 27 heavy (non-hydrogen) atoms. The number of carbonyl (C=O) groups is 1. The van der Waals surface area contributed by atoms with Crippen LogP contribution in [0.3, 0.4) is 0 Å². The predicted molar refractivity (Wildman–Crippen MR) is 102 cm³/mol. The lowest BCUT2D eigenvalue weighted by Crippen LogP contribution is -2.71. The number of aromatic nitrogens is 1. The minimum atomic E-state index is -0.577. The molecular formula is C19H21N3O4S. The maximum absolute atomic E-state index is 12.4. The van der Waals surface area contributed by atoms with Gasteiger partial charge in [-0.1, -0.05) is 11.3 Å². The molecule has 0 atom stereocenters. The molecule has 2 bridgehead atoms. The molecule has 1 saturated heterocycles. The Morgan fingerprint density at radius 3 is 2.59 bits per heavy atom. The number of thiazole rings is 1. The zero-order valence-corrected chi connectivity index (χ0v) is 15.6. The summed E-state index contributed by atoms with van der Waals surface area (Å²) in [6, 6.07) is 7.91. The first kappa shape index (κ1) is 17.0. The summed E-state index contributed by atoms with van der Waals surface area (Å²) in [6.07, 6.45) is 3.33. The Morgan fingerprint density at radius 2 is 1.93 bits per heavy atom. The zero-order valence-electron chi connectivity index (χ0n) is 14.8. The second-order valence-electron chi connectivity index (χ2n) is 7.67. The number of carbonyl (C=O) groups excluding carboxylic acids is 1. The molecule has 142 valence electrons. The molecule has 1 aromatic carbocycles. The van der Waals surface area contributed by atoms with E-state index in [-0.39, 0.29) is 11.3 Å². The van der Waals surface area contributed by atoms with E-state index in [0.717, 1.165) is 32.0 Å². The summed E-state index contributed by atoms with van der Waals surface area (Å²) in [5, 5.41) is 13.9. The van der Waals surface area contributed by atoms with Crippen LogP contribution in [0.15, 0.2) is 30.5 Å². The number of hydrogen-bond acceptors (Lipinski definition) is 7. The van der Waals surface area contributed by atoms with Gasteiger partial charge in [0.25, 0.3) is 5.19 Å². The number of ether oxygens (including phenoxy) is 2. The molecule has 4 fully saturated rings. The van der Waals surface area contributed by atoms with Gasteiger partial charge >= 0.3 is 0 Å². The molecular weight excluding hydrogens is 366 g/mol. The number of morpholine rings is 1. The van der Waals surface area contributed by atoms with Crippen molar-refractivity contribution in [1.29, 1.82) is 0 Å². The quantitative estimate of drug-likeness (QED) is 0.821. The molecule has 2 aromatic rings. The van der Waals surface area contributed by atoms with Gasteiger partial charge in [-0.25, -0.2) is 4.98 Å². The summed E-state index contributed by atoms with van der Waals surface area (Å²) in [4.78, 5) is 18.9. The van der Waals surface area contributed by atoms with Crippen molar-refractivity contribution in [3.8, 4) is 10.9 Å². The molecule has 1 amide bonds. The number of nitrogens with one attached hydrogen (secondary N) is 1. The van der Waals surface area contributed by atoms with E-state index in [1.54, 1.807) is 6.20 Å². The molecule has 2 heterocycles. The molecule has 7 nitrogen and oxygen atoms in total. The predicted octanol–water partition coefficient (Wildman–Crippen LogP) is 2.63. The minimum Gasteiger partial charge on any atom is -0.431 e. The van der Waals surface area contributed by atoms with Crippen LogP contribution in [-0.4, -0.2) is 47.9 Å². The Bertz CT molecular complexity index is 840. The first-order valence-electron chi connectivity index (χ1n) is 9.14. The SMILES string of the molecule is O=C(Nc1cnc(Oc2ccc(N3CCOCC3)cc2)s1)C12CC(O)(C1)C2. The van der Waals surface area contributed by atoms with Gasteiger partial charge in [0.2, 0.25) is 5.91 Å². The minimum absolute atomic E-state index is 0.0245. The molecule has 1 aliphatic heterocycles. The van der Waals surface area contributed by atoms with Gasteiger partial charge in [0.1, 0.15) is 10.8 Å². The highest BCUT2D eigenvalue weighted by molar-refractivity contribution is 7.17. The molecule has 0 spiro atoms. The average molecular weight is 387 g/mol. The average Bonchev–Trinajstić information content (AvgIpc) is 3.06. The number of anilines is 2. The molecule has 3 saturated carbocycles. The number of hydrogen-bond donors (Lipinski definition) is 2. The molecule has 4 aliphatic rings. The topological polar surface area (TPSA) is 83.9 Å². The Morgan fingerprint density at radius 1 is 1.22 bits per heavy atom. The van der Waals surface area contributed by atoms with Crippen LogP contribution in [0.25, 0.3) is 0 Å². The van der Waals surface area contributed by atoms with Crippen LogP contribution in [-0.2, 0) is 9.53 Å². The fourth-order valence-corrected chi connectivity index (χ4v) is 4.91. The van der Waals surface area contributed by atoms with Crippen LogP contribution < -0.4 is 15.0 Å². The van der Waals surface area contributed by atoms with Crippen LogP contribution in [0.4, 0.5) is 10.7 Å². The Kier molecular flexibility index (Phi) is 3.89.